The number of aryl methyl sites for hydroxylation is 1. The molecule has 0 saturated heterocycles. The molecule has 0 aromatic heterocycles. The molecule has 0 aliphatic carbocycles. The van der Waals surface area contributed by atoms with Gasteiger partial charge in [0.05, 0.1) is 17.1 Å². The van der Waals surface area contributed by atoms with Crippen LogP contribution in [0.25, 0.3) is 0 Å². The molecular formula is C17H16Br2N2O2S. The summed E-state index contributed by atoms with van der Waals surface area (Å²) in [5.74, 6) is -0.0335. The van der Waals surface area contributed by atoms with E-state index in [1.807, 2.05) is 25.1 Å². The van der Waals surface area contributed by atoms with Crippen molar-refractivity contribution in [3.8, 4) is 0 Å². The average Bonchev–Trinajstić information content (AvgIpc) is 2.49. The highest BCUT2D eigenvalue weighted by Gasteiger charge is 2.10. The van der Waals surface area contributed by atoms with Crippen LogP contribution >= 0.6 is 43.6 Å². The highest BCUT2D eigenvalue weighted by atomic mass is 79.9. The van der Waals surface area contributed by atoms with E-state index in [9.17, 15) is 9.59 Å². The summed E-state index contributed by atoms with van der Waals surface area (Å²) < 4.78 is 1.84. The minimum atomic E-state index is -0.187. The Labute approximate surface area is 162 Å². The third-order valence-corrected chi connectivity index (χ3v) is 5.22. The van der Waals surface area contributed by atoms with Crippen molar-refractivity contribution >= 4 is 66.8 Å². The van der Waals surface area contributed by atoms with Crippen molar-refractivity contribution in [1.82, 2.24) is 0 Å². The van der Waals surface area contributed by atoms with E-state index in [1.165, 1.54) is 18.7 Å². The van der Waals surface area contributed by atoms with Crippen LogP contribution in [0.3, 0.4) is 0 Å². The number of amides is 2. The van der Waals surface area contributed by atoms with Gasteiger partial charge in [-0.05, 0) is 48.9 Å². The SMILES string of the molecule is CC(=O)Nc1ccc(Br)cc1NC(=O)CSc1ccc(Br)cc1C. The molecule has 24 heavy (non-hydrogen) atoms. The molecule has 126 valence electrons. The van der Waals surface area contributed by atoms with Crippen molar-refractivity contribution < 1.29 is 9.59 Å². The largest absolute Gasteiger partial charge is 0.325 e. The molecule has 0 unspecified atom stereocenters. The van der Waals surface area contributed by atoms with Crippen molar-refractivity contribution in [1.29, 1.82) is 0 Å². The highest BCUT2D eigenvalue weighted by Crippen LogP contribution is 2.28. The standard InChI is InChI=1S/C17H16Br2N2O2S/c1-10-7-12(18)4-6-16(10)24-9-17(23)21-15-8-13(19)3-5-14(15)20-11(2)22/h3-8H,9H2,1-2H3,(H,20,22)(H,21,23). The first kappa shape index (κ1) is 19.0. The third kappa shape index (κ3) is 5.65. The lowest BCUT2D eigenvalue weighted by Crippen LogP contribution is -2.16. The van der Waals surface area contributed by atoms with Crippen LogP contribution < -0.4 is 10.6 Å². The Morgan fingerprint density at radius 3 is 2.33 bits per heavy atom. The number of benzene rings is 2. The maximum atomic E-state index is 12.2. The topological polar surface area (TPSA) is 58.2 Å². The van der Waals surface area contributed by atoms with Gasteiger partial charge in [-0.1, -0.05) is 31.9 Å². The molecule has 7 heteroatoms. The normalized spacial score (nSPS) is 10.3. The number of anilines is 2. The first-order valence-corrected chi connectivity index (χ1v) is 9.68. The summed E-state index contributed by atoms with van der Waals surface area (Å²) in [4.78, 5) is 24.6. The van der Waals surface area contributed by atoms with Crippen LogP contribution in [0.2, 0.25) is 0 Å². The van der Waals surface area contributed by atoms with Crippen molar-refractivity contribution in [3.05, 3.63) is 50.9 Å². The summed E-state index contributed by atoms with van der Waals surface area (Å²) in [5.41, 5.74) is 2.25. The van der Waals surface area contributed by atoms with Gasteiger partial charge in [-0.15, -0.1) is 11.8 Å². The Kier molecular flexibility index (Phi) is 6.89. The fraction of sp³-hybridized carbons (Fsp3) is 0.176. The average molecular weight is 472 g/mol. The second kappa shape index (κ2) is 8.69. The first-order valence-electron chi connectivity index (χ1n) is 7.11. The second-order valence-corrected chi connectivity index (χ2v) is 7.97. The zero-order chi connectivity index (χ0) is 17.7. The first-order chi connectivity index (χ1) is 11.3. The number of halogens is 2. The quantitative estimate of drug-likeness (QED) is 0.588. The van der Waals surface area contributed by atoms with E-state index in [2.05, 4.69) is 42.5 Å². The Bertz CT molecular complexity index is 781. The van der Waals surface area contributed by atoms with Gasteiger partial charge in [-0.25, -0.2) is 0 Å². The van der Waals surface area contributed by atoms with Gasteiger partial charge in [0.2, 0.25) is 11.8 Å². The number of rotatable bonds is 5. The van der Waals surface area contributed by atoms with Gasteiger partial charge in [0.25, 0.3) is 0 Å². The van der Waals surface area contributed by atoms with E-state index < -0.39 is 0 Å². The molecule has 4 nitrogen and oxygen atoms in total. The third-order valence-electron chi connectivity index (χ3n) is 3.06. The van der Waals surface area contributed by atoms with Crippen LogP contribution in [-0.2, 0) is 9.59 Å². The predicted molar refractivity (Wildman–Crippen MR) is 107 cm³/mol. The summed E-state index contributed by atoms with van der Waals surface area (Å²) >= 11 is 8.27. The molecule has 0 spiro atoms. The predicted octanol–water partition coefficient (Wildman–Crippen LogP) is 5.21. The van der Waals surface area contributed by atoms with Gasteiger partial charge in [-0.2, -0.15) is 0 Å². The lowest BCUT2D eigenvalue weighted by molar-refractivity contribution is -0.115. The number of hydrogen-bond donors (Lipinski definition) is 2. The van der Waals surface area contributed by atoms with Crippen molar-refractivity contribution in [2.75, 3.05) is 16.4 Å². The van der Waals surface area contributed by atoms with E-state index in [0.29, 0.717) is 11.4 Å². The molecule has 0 heterocycles. The van der Waals surface area contributed by atoms with Gasteiger partial charge in [0.1, 0.15) is 0 Å². The van der Waals surface area contributed by atoms with Crippen LogP contribution in [0.15, 0.2) is 50.2 Å². The smallest absolute Gasteiger partial charge is 0.234 e. The second-order valence-electron chi connectivity index (χ2n) is 5.12. The van der Waals surface area contributed by atoms with Crippen LogP contribution in [0, 0.1) is 6.92 Å². The lowest BCUT2D eigenvalue weighted by Gasteiger charge is -2.12. The molecule has 2 aromatic rings. The van der Waals surface area contributed by atoms with Crippen LogP contribution in [0.4, 0.5) is 11.4 Å². The molecule has 0 atom stereocenters. The molecule has 0 saturated carbocycles. The van der Waals surface area contributed by atoms with Crippen molar-refractivity contribution in [2.24, 2.45) is 0 Å². The zero-order valence-corrected chi connectivity index (χ0v) is 17.1. The molecule has 2 rings (SSSR count). The molecular weight excluding hydrogens is 456 g/mol. The molecule has 2 N–H and O–H groups in total. The number of carbonyl (C=O) groups is 2. The molecule has 2 aromatic carbocycles. The van der Waals surface area contributed by atoms with E-state index >= 15 is 0 Å². The summed E-state index contributed by atoms with van der Waals surface area (Å²) in [6.45, 7) is 3.44. The number of nitrogens with one attached hydrogen (secondary N) is 2. The van der Waals surface area contributed by atoms with Gasteiger partial charge in [-0.3, -0.25) is 9.59 Å². The van der Waals surface area contributed by atoms with E-state index in [4.69, 9.17) is 0 Å². The Hall–Kier alpha value is -1.31. The minimum absolute atomic E-state index is 0.132. The molecule has 0 fully saturated rings. The van der Waals surface area contributed by atoms with Crippen LogP contribution in [-0.4, -0.2) is 17.6 Å². The summed E-state index contributed by atoms with van der Waals surface area (Å²) in [6.07, 6.45) is 0. The van der Waals surface area contributed by atoms with E-state index in [1.54, 1.807) is 18.2 Å². The molecule has 0 radical (unpaired) electrons. The summed E-state index contributed by atoms with van der Waals surface area (Å²) in [7, 11) is 0. The van der Waals surface area contributed by atoms with Crippen LogP contribution in [0.1, 0.15) is 12.5 Å². The van der Waals surface area contributed by atoms with Crippen LogP contribution in [0.5, 0.6) is 0 Å². The van der Waals surface area contributed by atoms with Gasteiger partial charge < -0.3 is 10.6 Å². The monoisotopic (exact) mass is 470 g/mol. The number of hydrogen-bond acceptors (Lipinski definition) is 3. The van der Waals surface area contributed by atoms with E-state index in [-0.39, 0.29) is 17.6 Å². The summed E-state index contributed by atoms with van der Waals surface area (Å²) in [6, 6.07) is 11.3. The number of carbonyl (C=O) groups excluding carboxylic acids is 2. The molecule has 2 amide bonds. The van der Waals surface area contributed by atoms with Crippen molar-refractivity contribution in [2.45, 2.75) is 18.7 Å². The molecule has 0 bridgehead atoms. The molecule has 0 aliphatic heterocycles. The maximum Gasteiger partial charge on any atom is 0.234 e. The molecule has 0 aliphatic rings. The Morgan fingerprint density at radius 2 is 1.67 bits per heavy atom. The highest BCUT2D eigenvalue weighted by molar-refractivity contribution is 9.10. The van der Waals surface area contributed by atoms with Gasteiger partial charge in [0.15, 0.2) is 0 Å². The lowest BCUT2D eigenvalue weighted by atomic mass is 10.2. The fourth-order valence-corrected chi connectivity index (χ4v) is 3.67. The van der Waals surface area contributed by atoms with Gasteiger partial charge in [0, 0.05) is 20.8 Å². The zero-order valence-electron chi connectivity index (χ0n) is 13.2. The van der Waals surface area contributed by atoms with Gasteiger partial charge >= 0.3 is 0 Å². The van der Waals surface area contributed by atoms with Crippen molar-refractivity contribution in [3.63, 3.8) is 0 Å². The fourth-order valence-electron chi connectivity index (χ4n) is 2.02. The minimum Gasteiger partial charge on any atom is -0.325 e. The Morgan fingerprint density at radius 1 is 1.00 bits per heavy atom. The number of thioether (sulfide) groups is 1. The van der Waals surface area contributed by atoms with E-state index in [0.717, 1.165) is 19.4 Å². The Balaban J connectivity index is 2.04. The summed E-state index contributed by atoms with van der Waals surface area (Å²) in [5, 5.41) is 5.55. The maximum absolute atomic E-state index is 12.2.